The van der Waals surface area contributed by atoms with Gasteiger partial charge in [0.2, 0.25) is 0 Å². The van der Waals surface area contributed by atoms with Gasteiger partial charge in [-0.1, -0.05) is 17.7 Å². The van der Waals surface area contributed by atoms with Crippen molar-refractivity contribution >= 4 is 50.6 Å². The molecule has 0 aliphatic carbocycles. The van der Waals surface area contributed by atoms with E-state index >= 15 is 0 Å². The zero-order valence-corrected chi connectivity index (χ0v) is 21.9. The maximum atomic E-state index is 13.6. The van der Waals surface area contributed by atoms with E-state index in [1.54, 1.807) is 54.8 Å². The number of ether oxygens (including phenoxy) is 3. The highest BCUT2D eigenvalue weighted by Crippen LogP contribution is 2.33. The van der Waals surface area contributed by atoms with Crippen molar-refractivity contribution in [2.45, 2.75) is 20.8 Å². The van der Waals surface area contributed by atoms with Crippen molar-refractivity contribution in [2.24, 2.45) is 0 Å². The third kappa shape index (κ3) is 5.45. The van der Waals surface area contributed by atoms with Crippen molar-refractivity contribution in [3.05, 3.63) is 74.5 Å². The number of aromatic nitrogens is 2. The molecule has 11 heteroatoms. The molecule has 2 aromatic heterocycles. The Bertz CT molecular complexity index is 1530. The largest absolute Gasteiger partial charge is 0.490 e. The van der Waals surface area contributed by atoms with E-state index in [4.69, 9.17) is 25.8 Å². The number of nitrogens with one attached hydrogen (secondary N) is 1. The molecule has 0 atom stereocenters. The normalized spacial score (nSPS) is 10.8. The van der Waals surface area contributed by atoms with E-state index in [1.807, 2.05) is 13.8 Å². The molecule has 0 spiro atoms. The third-order valence-corrected chi connectivity index (χ3v) is 6.34. The van der Waals surface area contributed by atoms with Gasteiger partial charge in [-0.25, -0.2) is 4.79 Å². The molecule has 4 rings (SSSR count). The number of anilines is 1. The lowest BCUT2D eigenvalue weighted by Gasteiger charge is -2.12. The van der Waals surface area contributed by atoms with E-state index in [0.29, 0.717) is 41.0 Å². The zero-order chi connectivity index (χ0) is 26.5. The Morgan fingerprint density at radius 2 is 1.78 bits per heavy atom. The average Bonchev–Trinajstić information content (AvgIpc) is 3.29. The summed E-state index contributed by atoms with van der Waals surface area (Å²) in [7, 11) is 0. The fraction of sp³-hybridized carbons (Fsp3) is 0.231. The van der Waals surface area contributed by atoms with Crippen LogP contribution in [-0.4, -0.2) is 41.5 Å². The van der Waals surface area contributed by atoms with Gasteiger partial charge >= 0.3 is 5.97 Å². The Balaban J connectivity index is 1.81. The van der Waals surface area contributed by atoms with Gasteiger partial charge < -0.3 is 19.5 Å². The monoisotopic (exact) mass is 541 g/mol. The fourth-order valence-corrected chi connectivity index (χ4v) is 4.76. The minimum absolute atomic E-state index is 0.0483. The van der Waals surface area contributed by atoms with Crippen LogP contribution in [0.1, 0.15) is 41.6 Å². The molecule has 192 valence electrons. The van der Waals surface area contributed by atoms with Crippen molar-refractivity contribution in [2.75, 3.05) is 25.1 Å². The Hall–Kier alpha value is -3.89. The molecule has 0 aliphatic heterocycles. The lowest BCUT2D eigenvalue weighted by atomic mass is 10.1. The maximum Gasteiger partial charge on any atom is 0.359 e. The number of esters is 1. The first-order chi connectivity index (χ1) is 17.9. The Morgan fingerprint density at radius 3 is 2.49 bits per heavy atom. The summed E-state index contributed by atoms with van der Waals surface area (Å²) in [4.78, 5) is 39.5. The first kappa shape index (κ1) is 26.2. The molecule has 0 bridgehead atoms. The standard InChI is InChI=1S/C26H24ClN3O6S/c1-4-34-19-11-10-15(12-20(19)35-5-2)23(31)28-24-21-18(14-37-24)22(26(33)36-6-3)29-30(25(21)32)17-9-7-8-16(27)13-17/h7-14H,4-6H2,1-3H3,(H,28,31). The highest BCUT2D eigenvalue weighted by atomic mass is 35.5. The molecule has 4 aromatic rings. The molecule has 37 heavy (non-hydrogen) atoms. The molecular weight excluding hydrogens is 518 g/mol. The molecule has 0 saturated heterocycles. The number of halogens is 1. The van der Waals surface area contributed by atoms with Crippen LogP contribution in [0, 0.1) is 0 Å². The van der Waals surface area contributed by atoms with Crippen molar-refractivity contribution < 1.29 is 23.8 Å². The summed E-state index contributed by atoms with van der Waals surface area (Å²) >= 11 is 7.23. The number of hydrogen-bond acceptors (Lipinski definition) is 8. The topological polar surface area (TPSA) is 109 Å². The lowest BCUT2D eigenvalue weighted by Crippen LogP contribution is -2.25. The molecule has 1 N–H and O–H groups in total. The van der Waals surface area contributed by atoms with Crippen LogP contribution in [0.25, 0.3) is 16.5 Å². The van der Waals surface area contributed by atoms with Gasteiger partial charge in [0.15, 0.2) is 17.2 Å². The molecule has 0 fully saturated rings. The van der Waals surface area contributed by atoms with Gasteiger partial charge in [0.25, 0.3) is 11.5 Å². The van der Waals surface area contributed by atoms with Crippen LogP contribution in [-0.2, 0) is 4.74 Å². The van der Waals surface area contributed by atoms with Crippen LogP contribution in [0.3, 0.4) is 0 Å². The van der Waals surface area contributed by atoms with Gasteiger partial charge in [-0.05, 0) is 57.2 Å². The summed E-state index contributed by atoms with van der Waals surface area (Å²) in [6, 6.07) is 11.4. The lowest BCUT2D eigenvalue weighted by molar-refractivity contribution is 0.0520. The van der Waals surface area contributed by atoms with Crippen LogP contribution in [0.5, 0.6) is 11.5 Å². The van der Waals surface area contributed by atoms with E-state index in [9.17, 15) is 14.4 Å². The Labute approximate surface area is 221 Å². The number of amides is 1. The SMILES string of the molecule is CCOC(=O)c1nn(-c2cccc(Cl)c2)c(=O)c2c(NC(=O)c3ccc(OCC)c(OCC)c3)scc12. The second-order valence-corrected chi connectivity index (χ2v) is 8.92. The second-order valence-electron chi connectivity index (χ2n) is 7.60. The minimum Gasteiger partial charge on any atom is -0.490 e. The van der Waals surface area contributed by atoms with Gasteiger partial charge in [-0.3, -0.25) is 9.59 Å². The number of benzene rings is 2. The van der Waals surface area contributed by atoms with Gasteiger partial charge in [0, 0.05) is 21.4 Å². The van der Waals surface area contributed by atoms with Crippen molar-refractivity contribution in [3.63, 3.8) is 0 Å². The molecule has 9 nitrogen and oxygen atoms in total. The summed E-state index contributed by atoms with van der Waals surface area (Å²) in [5, 5.41) is 9.73. The number of thiophene rings is 1. The van der Waals surface area contributed by atoms with Crippen LogP contribution >= 0.6 is 22.9 Å². The second kappa shape index (κ2) is 11.4. The van der Waals surface area contributed by atoms with Gasteiger partial charge in [-0.2, -0.15) is 9.78 Å². The predicted molar refractivity (Wildman–Crippen MR) is 143 cm³/mol. The molecule has 0 saturated carbocycles. The predicted octanol–water partition coefficient (Wildman–Crippen LogP) is 5.33. The van der Waals surface area contributed by atoms with Crippen LogP contribution in [0.2, 0.25) is 5.02 Å². The number of carbonyl (C=O) groups excluding carboxylic acids is 2. The Morgan fingerprint density at radius 1 is 1.03 bits per heavy atom. The van der Waals surface area contributed by atoms with E-state index < -0.39 is 17.4 Å². The number of fused-ring (bicyclic) bond motifs is 1. The van der Waals surface area contributed by atoms with Gasteiger partial charge in [0.1, 0.15) is 5.00 Å². The minimum atomic E-state index is -0.688. The Kier molecular flexibility index (Phi) is 8.10. The van der Waals surface area contributed by atoms with E-state index in [2.05, 4.69) is 10.4 Å². The van der Waals surface area contributed by atoms with Crippen molar-refractivity contribution in [1.29, 1.82) is 0 Å². The van der Waals surface area contributed by atoms with Crippen LogP contribution < -0.4 is 20.3 Å². The van der Waals surface area contributed by atoms with Crippen LogP contribution in [0.15, 0.2) is 52.6 Å². The molecule has 2 aromatic carbocycles. The maximum absolute atomic E-state index is 13.6. The number of carbonyl (C=O) groups is 2. The number of rotatable bonds is 9. The van der Waals surface area contributed by atoms with E-state index in [1.165, 1.54) is 0 Å². The highest BCUT2D eigenvalue weighted by molar-refractivity contribution is 7.16. The molecule has 0 radical (unpaired) electrons. The smallest absolute Gasteiger partial charge is 0.359 e. The first-order valence-corrected chi connectivity index (χ1v) is 12.8. The molecule has 1 amide bonds. The summed E-state index contributed by atoms with van der Waals surface area (Å²) in [6.07, 6.45) is 0. The quantitative estimate of drug-likeness (QED) is 0.285. The highest BCUT2D eigenvalue weighted by Gasteiger charge is 2.24. The summed E-state index contributed by atoms with van der Waals surface area (Å²) < 4.78 is 17.4. The zero-order valence-electron chi connectivity index (χ0n) is 20.4. The molecule has 0 unspecified atom stereocenters. The number of hydrogen-bond donors (Lipinski definition) is 1. The van der Waals surface area contributed by atoms with Crippen molar-refractivity contribution in [1.82, 2.24) is 9.78 Å². The van der Waals surface area contributed by atoms with Crippen LogP contribution in [0.4, 0.5) is 5.00 Å². The van der Waals surface area contributed by atoms with Crippen molar-refractivity contribution in [3.8, 4) is 17.2 Å². The molecule has 0 aliphatic rings. The van der Waals surface area contributed by atoms with Gasteiger partial charge in [-0.15, -0.1) is 11.3 Å². The summed E-state index contributed by atoms with van der Waals surface area (Å²) in [6.45, 7) is 6.34. The molecular formula is C26H24ClN3O6S. The van der Waals surface area contributed by atoms with Gasteiger partial charge in [0.05, 0.1) is 30.9 Å². The third-order valence-electron chi connectivity index (χ3n) is 5.21. The summed E-state index contributed by atoms with van der Waals surface area (Å²) in [5.41, 5.74) is 0.0982. The molecule has 2 heterocycles. The van der Waals surface area contributed by atoms with E-state index in [0.717, 1.165) is 16.0 Å². The number of nitrogens with zero attached hydrogens (tertiary/aromatic N) is 2. The van der Waals surface area contributed by atoms with E-state index in [-0.39, 0.29) is 28.1 Å². The average molecular weight is 542 g/mol. The fourth-order valence-electron chi connectivity index (χ4n) is 3.64. The first-order valence-electron chi connectivity index (χ1n) is 11.6. The summed E-state index contributed by atoms with van der Waals surface area (Å²) in [5.74, 6) is -0.190.